The van der Waals surface area contributed by atoms with Gasteiger partial charge < -0.3 is 10.0 Å². The standard InChI is InChI=1S/C17H20N2O2S/c1-11(2)7-16-18-15(10-22-16)17(21)19-6-5-12-3-4-14(20)8-13(12)9-19/h3-4,8,10-11,20H,5-7,9H2,1-2H3. The van der Waals surface area contributed by atoms with Gasteiger partial charge in [-0.3, -0.25) is 4.79 Å². The summed E-state index contributed by atoms with van der Waals surface area (Å²) in [6, 6.07) is 5.39. The van der Waals surface area contributed by atoms with E-state index in [-0.39, 0.29) is 11.7 Å². The van der Waals surface area contributed by atoms with E-state index >= 15 is 0 Å². The lowest BCUT2D eigenvalue weighted by Gasteiger charge is -2.28. The Morgan fingerprint density at radius 1 is 1.41 bits per heavy atom. The molecule has 0 atom stereocenters. The predicted octanol–water partition coefficient (Wildman–Crippen LogP) is 3.25. The Bertz CT molecular complexity index is 694. The van der Waals surface area contributed by atoms with E-state index in [2.05, 4.69) is 18.8 Å². The molecule has 2 heterocycles. The van der Waals surface area contributed by atoms with Gasteiger partial charge in [0.05, 0.1) is 5.01 Å². The van der Waals surface area contributed by atoms with Crippen molar-refractivity contribution in [2.45, 2.75) is 33.2 Å². The minimum atomic E-state index is -0.0137. The average molecular weight is 316 g/mol. The Balaban J connectivity index is 1.75. The number of nitrogens with zero attached hydrogens (tertiary/aromatic N) is 2. The molecule has 0 aliphatic carbocycles. The maximum atomic E-state index is 12.6. The second kappa shape index (κ2) is 6.08. The van der Waals surface area contributed by atoms with E-state index in [0.29, 0.717) is 24.7 Å². The largest absolute Gasteiger partial charge is 0.508 e. The average Bonchev–Trinajstić information content (AvgIpc) is 2.93. The third-order valence-corrected chi connectivity index (χ3v) is 4.71. The fourth-order valence-electron chi connectivity index (χ4n) is 2.73. The highest BCUT2D eigenvalue weighted by atomic mass is 32.1. The molecule has 0 saturated carbocycles. The maximum Gasteiger partial charge on any atom is 0.273 e. The third kappa shape index (κ3) is 3.14. The van der Waals surface area contributed by atoms with Crippen LogP contribution >= 0.6 is 11.3 Å². The first kappa shape index (κ1) is 15.0. The number of hydrogen-bond acceptors (Lipinski definition) is 4. The van der Waals surface area contributed by atoms with Gasteiger partial charge in [0.25, 0.3) is 5.91 Å². The summed E-state index contributed by atoms with van der Waals surface area (Å²) in [6.07, 6.45) is 1.74. The van der Waals surface area contributed by atoms with E-state index in [1.54, 1.807) is 23.5 Å². The highest BCUT2D eigenvalue weighted by molar-refractivity contribution is 7.09. The van der Waals surface area contributed by atoms with Gasteiger partial charge in [-0.1, -0.05) is 19.9 Å². The van der Waals surface area contributed by atoms with E-state index in [4.69, 9.17) is 0 Å². The van der Waals surface area contributed by atoms with Crippen molar-refractivity contribution in [1.82, 2.24) is 9.88 Å². The Morgan fingerprint density at radius 3 is 3.00 bits per heavy atom. The second-order valence-corrected chi connectivity index (χ2v) is 7.10. The number of phenolic OH excluding ortho intramolecular Hbond substituents is 1. The highest BCUT2D eigenvalue weighted by Gasteiger charge is 2.23. The molecule has 22 heavy (non-hydrogen) atoms. The van der Waals surface area contributed by atoms with Gasteiger partial charge in [0.15, 0.2) is 0 Å². The van der Waals surface area contributed by atoms with Gasteiger partial charge in [0.1, 0.15) is 11.4 Å². The zero-order valence-corrected chi connectivity index (χ0v) is 13.7. The normalized spacial score (nSPS) is 14.2. The summed E-state index contributed by atoms with van der Waals surface area (Å²) in [6.45, 7) is 5.54. The molecule has 5 heteroatoms. The first-order valence-electron chi connectivity index (χ1n) is 7.57. The smallest absolute Gasteiger partial charge is 0.273 e. The van der Waals surface area contributed by atoms with Gasteiger partial charge in [-0.05, 0) is 35.6 Å². The number of aromatic hydroxyl groups is 1. The van der Waals surface area contributed by atoms with Crippen molar-refractivity contribution in [3.63, 3.8) is 0 Å². The zero-order valence-electron chi connectivity index (χ0n) is 12.9. The van der Waals surface area contributed by atoms with Crippen molar-refractivity contribution < 1.29 is 9.90 Å². The number of rotatable bonds is 3. The van der Waals surface area contributed by atoms with Crippen molar-refractivity contribution in [3.05, 3.63) is 45.4 Å². The summed E-state index contributed by atoms with van der Waals surface area (Å²) >= 11 is 1.56. The van der Waals surface area contributed by atoms with Crippen LogP contribution in [-0.4, -0.2) is 27.4 Å². The van der Waals surface area contributed by atoms with Crippen LogP contribution < -0.4 is 0 Å². The SMILES string of the molecule is CC(C)Cc1nc(C(=O)N2CCc3ccc(O)cc3C2)cs1. The number of fused-ring (bicyclic) bond motifs is 1. The van der Waals surface area contributed by atoms with Crippen LogP contribution in [0, 0.1) is 5.92 Å². The molecule has 1 aliphatic heterocycles. The number of aromatic nitrogens is 1. The van der Waals surface area contributed by atoms with Crippen molar-refractivity contribution >= 4 is 17.2 Å². The van der Waals surface area contributed by atoms with Gasteiger partial charge in [0, 0.05) is 24.9 Å². The number of carbonyl (C=O) groups excluding carboxylic acids is 1. The lowest BCUT2D eigenvalue weighted by atomic mass is 9.99. The van der Waals surface area contributed by atoms with Crippen molar-refractivity contribution in [2.24, 2.45) is 5.92 Å². The van der Waals surface area contributed by atoms with E-state index < -0.39 is 0 Å². The molecule has 0 radical (unpaired) electrons. The first-order valence-corrected chi connectivity index (χ1v) is 8.45. The quantitative estimate of drug-likeness (QED) is 0.946. The lowest BCUT2D eigenvalue weighted by molar-refractivity contribution is 0.0729. The molecule has 116 valence electrons. The summed E-state index contributed by atoms with van der Waals surface area (Å²) in [7, 11) is 0. The van der Waals surface area contributed by atoms with Crippen molar-refractivity contribution in [2.75, 3.05) is 6.54 Å². The molecule has 1 aromatic carbocycles. The Labute approximate surface area is 134 Å². The van der Waals surface area contributed by atoms with Gasteiger partial charge in [-0.2, -0.15) is 0 Å². The summed E-state index contributed by atoms with van der Waals surface area (Å²) in [5, 5.41) is 12.5. The van der Waals surface area contributed by atoms with Crippen molar-refractivity contribution in [1.29, 1.82) is 0 Å². The molecule has 1 amide bonds. The summed E-state index contributed by atoms with van der Waals surface area (Å²) in [5.41, 5.74) is 2.78. The predicted molar refractivity (Wildman–Crippen MR) is 87.2 cm³/mol. The molecule has 1 aliphatic rings. The number of benzene rings is 1. The second-order valence-electron chi connectivity index (χ2n) is 6.15. The topological polar surface area (TPSA) is 53.4 Å². The minimum absolute atomic E-state index is 0.0137. The molecular formula is C17H20N2O2S. The van der Waals surface area contributed by atoms with Gasteiger partial charge >= 0.3 is 0 Å². The first-order chi connectivity index (χ1) is 10.5. The van der Waals surface area contributed by atoms with Gasteiger partial charge in [0.2, 0.25) is 0 Å². The molecule has 2 aromatic rings. The minimum Gasteiger partial charge on any atom is -0.508 e. The number of amides is 1. The molecule has 3 rings (SSSR count). The number of carbonyl (C=O) groups is 1. The van der Waals surface area contributed by atoms with Gasteiger partial charge in [-0.25, -0.2) is 4.98 Å². The van der Waals surface area contributed by atoms with Crippen LogP contribution in [0.4, 0.5) is 0 Å². The highest BCUT2D eigenvalue weighted by Crippen LogP contribution is 2.24. The fourth-order valence-corrected chi connectivity index (χ4v) is 3.71. The zero-order chi connectivity index (χ0) is 15.7. The number of hydrogen-bond donors (Lipinski definition) is 1. The monoisotopic (exact) mass is 316 g/mol. The van der Waals surface area contributed by atoms with Crippen LogP contribution in [0.5, 0.6) is 5.75 Å². The Morgan fingerprint density at radius 2 is 2.23 bits per heavy atom. The molecule has 0 spiro atoms. The van der Waals surface area contributed by atoms with Crippen LogP contribution in [-0.2, 0) is 19.4 Å². The molecule has 0 fully saturated rings. The van der Waals surface area contributed by atoms with Crippen LogP contribution in [0.15, 0.2) is 23.6 Å². The summed E-state index contributed by atoms with van der Waals surface area (Å²) < 4.78 is 0. The van der Waals surface area contributed by atoms with Crippen LogP contribution in [0.25, 0.3) is 0 Å². The lowest BCUT2D eigenvalue weighted by Crippen LogP contribution is -2.36. The number of phenols is 1. The van der Waals surface area contributed by atoms with E-state index in [0.717, 1.165) is 23.4 Å². The molecule has 1 aromatic heterocycles. The third-order valence-electron chi connectivity index (χ3n) is 3.84. The molecular weight excluding hydrogens is 296 g/mol. The van der Waals surface area contributed by atoms with Crippen molar-refractivity contribution in [3.8, 4) is 5.75 Å². The number of thiazole rings is 1. The summed E-state index contributed by atoms with van der Waals surface area (Å²) in [4.78, 5) is 18.9. The van der Waals surface area contributed by atoms with Crippen LogP contribution in [0.2, 0.25) is 0 Å². The van der Waals surface area contributed by atoms with Gasteiger partial charge in [-0.15, -0.1) is 11.3 Å². The van der Waals surface area contributed by atoms with E-state index in [1.165, 1.54) is 5.56 Å². The van der Waals surface area contributed by atoms with E-state index in [9.17, 15) is 9.90 Å². The maximum absolute atomic E-state index is 12.6. The van der Waals surface area contributed by atoms with Crippen LogP contribution in [0.3, 0.4) is 0 Å². The fraction of sp³-hybridized carbons (Fsp3) is 0.412. The molecule has 1 N–H and O–H groups in total. The summed E-state index contributed by atoms with van der Waals surface area (Å²) in [5.74, 6) is 0.778. The molecule has 4 nitrogen and oxygen atoms in total. The Kier molecular flexibility index (Phi) is 4.16. The van der Waals surface area contributed by atoms with Crippen LogP contribution in [0.1, 0.15) is 40.5 Å². The molecule has 0 bridgehead atoms. The Hall–Kier alpha value is -1.88. The molecule has 0 saturated heterocycles. The van der Waals surface area contributed by atoms with E-state index in [1.807, 2.05) is 16.3 Å². The molecule has 0 unspecified atom stereocenters.